The predicted octanol–water partition coefficient (Wildman–Crippen LogP) is 4.28. The van der Waals surface area contributed by atoms with Crippen molar-refractivity contribution in [2.75, 3.05) is 36.4 Å². The molecule has 0 aliphatic carbocycles. The minimum Gasteiger partial charge on any atom is -0.316 e. The van der Waals surface area contributed by atoms with Crippen molar-refractivity contribution >= 4 is 33.9 Å². The third-order valence-corrected chi connectivity index (χ3v) is 7.15. The second-order valence-electron chi connectivity index (χ2n) is 8.81. The largest absolute Gasteiger partial charge is 0.316 e. The van der Waals surface area contributed by atoms with Gasteiger partial charge in [-0.15, -0.1) is 11.3 Å². The Balaban J connectivity index is 1.31. The maximum Gasteiger partial charge on any atom is 0.277 e. The van der Waals surface area contributed by atoms with Gasteiger partial charge in [-0.05, 0) is 50.8 Å². The number of amides is 1. The fraction of sp³-hybridized carbons (Fsp3) is 0.400. The van der Waals surface area contributed by atoms with E-state index in [0.29, 0.717) is 35.6 Å². The number of aryl methyl sites for hydroxylation is 2. The first-order valence-electron chi connectivity index (χ1n) is 11.7. The number of carbonyl (C=O) groups is 1. The summed E-state index contributed by atoms with van der Waals surface area (Å²) in [5.41, 5.74) is 3.61. The van der Waals surface area contributed by atoms with Gasteiger partial charge in [-0.3, -0.25) is 9.69 Å². The number of nitrogens with zero attached hydrogens (tertiary/aromatic N) is 6. The molecule has 5 rings (SSSR count). The molecule has 1 amide bonds. The van der Waals surface area contributed by atoms with Gasteiger partial charge in [0, 0.05) is 36.1 Å². The molecule has 0 spiro atoms. The number of aromatic nitrogens is 3. The van der Waals surface area contributed by atoms with Crippen LogP contribution in [-0.2, 0) is 6.42 Å². The van der Waals surface area contributed by atoms with Crippen LogP contribution in [0.2, 0.25) is 0 Å². The van der Waals surface area contributed by atoms with Crippen LogP contribution in [0.3, 0.4) is 0 Å². The van der Waals surface area contributed by atoms with Crippen molar-refractivity contribution < 1.29 is 4.79 Å². The molecule has 1 saturated heterocycles. The van der Waals surface area contributed by atoms with Crippen LogP contribution < -0.4 is 10.2 Å². The fourth-order valence-corrected chi connectivity index (χ4v) is 5.52. The van der Waals surface area contributed by atoms with Crippen molar-refractivity contribution in [3.8, 4) is 6.07 Å². The Morgan fingerprint density at radius 3 is 3.00 bits per heavy atom. The van der Waals surface area contributed by atoms with E-state index in [0.717, 1.165) is 50.2 Å². The highest BCUT2D eigenvalue weighted by Crippen LogP contribution is 2.30. The van der Waals surface area contributed by atoms with Crippen LogP contribution >= 0.6 is 11.3 Å². The molecule has 4 heterocycles. The minimum atomic E-state index is -0.0733. The van der Waals surface area contributed by atoms with Gasteiger partial charge >= 0.3 is 0 Å². The van der Waals surface area contributed by atoms with Gasteiger partial charge in [0.15, 0.2) is 5.13 Å². The first-order valence-corrected chi connectivity index (χ1v) is 12.6. The standard InChI is InChI=1S/C25H27N7OS/c1-17-27-20(19-8-4-11-31(15-19)13-10-26)14-23(28-17)30-25-29-21(16-34-25)24(33)32-12-5-7-18-6-2-3-9-22(18)32/h2-3,6,9,14,16,19H,4-5,7-8,11-13,15H2,1H3,(H,27,28,29,30)/t19-/m0/s1. The molecule has 1 fully saturated rings. The average Bonchev–Trinajstić information content (AvgIpc) is 3.32. The summed E-state index contributed by atoms with van der Waals surface area (Å²) < 4.78 is 0. The monoisotopic (exact) mass is 473 g/mol. The van der Waals surface area contributed by atoms with Gasteiger partial charge in [-0.25, -0.2) is 15.0 Å². The lowest BCUT2D eigenvalue weighted by atomic mass is 9.94. The molecule has 0 saturated carbocycles. The van der Waals surface area contributed by atoms with Crippen molar-refractivity contribution in [3.63, 3.8) is 0 Å². The van der Waals surface area contributed by atoms with Gasteiger partial charge < -0.3 is 10.2 Å². The zero-order chi connectivity index (χ0) is 23.5. The third kappa shape index (κ3) is 4.79. The molecule has 1 N–H and O–H groups in total. The molecule has 3 aromatic rings. The molecule has 174 valence electrons. The van der Waals surface area contributed by atoms with Crippen LogP contribution in [-0.4, -0.2) is 51.9 Å². The number of carbonyl (C=O) groups excluding carboxylic acids is 1. The number of hydrogen-bond donors (Lipinski definition) is 1. The third-order valence-electron chi connectivity index (χ3n) is 6.39. The van der Waals surface area contributed by atoms with Gasteiger partial charge in [-0.2, -0.15) is 5.26 Å². The van der Waals surface area contributed by atoms with Crippen molar-refractivity contribution in [1.82, 2.24) is 19.9 Å². The number of hydrogen-bond acceptors (Lipinski definition) is 8. The van der Waals surface area contributed by atoms with Crippen LogP contribution in [0.15, 0.2) is 35.7 Å². The lowest BCUT2D eigenvalue weighted by Crippen LogP contribution is -2.35. The summed E-state index contributed by atoms with van der Waals surface area (Å²) >= 11 is 1.40. The van der Waals surface area contributed by atoms with E-state index in [1.54, 1.807) is 5.38 Å². The zero-order valence-electron chi connectivity index (χ0n) is 19.2. The first kappa shape index (κ1) is 22.4. The van der Waals surface area contributed by atoms with E-state index < -0.39 is 0 Å². The van der Waals surface area contributed by atoms with E-state index in [1.807, 2.05) is 36.1 Å². The van der Waals surface area contributed by atoms with Gasteiger partial charge in [0.05, 0.1) is 18.3 Å². The predicted molar refractivity (Wildman–Crippen MR) is 133 cm³/mol. The van der Waals surface area contributed by atoms with Crippen molar-refractivity contribution in [2.45, 2.75) is 38.5 Å². The van der Waals surface area contributed by atoms with E-state index in [9.17, 15) is 4.79 Å². The summed E-state index contributed by atoms with van der Waals surface area (Å²) in [6, 6.07) is 12.3. The Hall–Kier alpha value is -3.35. The lowest BCUT2D eigenvalue weighted by molar-refractivity contribution is 0.0981. The number of nitriles is 1. The van der Waals surface area contributed by atoms with Gasteiger partial charge in [0.1, 0.15) is 17.3 Å². The van der Waals surface area contributed by atoms with Crippen molar-refractivity contribution in [2.24, 2.45) is 0 Å². The van der Waals surface area contributed by atoms with Gasteiger partial charge in [-0.1, -0.05) is 18.2 Å². The van der Waals surface area contributed by atoms with E-state index in [1.165, 1.54) is 16.9 Å². The van der Waals surface area contributed by atoms with Gasteiger partial charge in [0.2, 0.25) is 0 Å². The highest BCUT2D eigenvalue weighted by atomic mass is 32.1. The number of fused-ring (bicyclic) bond motifs is 1. The molecule has 0 radical (unpaired) electrons. The van der Waals surface area contributed by atoms with E-state index >= 15 is 0 Å². The second kappa shape index (κ2) is 9.87. The van der Waals surface area contributed by atoms with Crippen LogP contribution in [0.5, 0.6) is 0 Å². The molecule has 2 aliphatic heterocycles. The second-order valence-corrected chi connectivity index (χ2v) is 9.67. The summed E-state index contributed by atoms with van der Waals surface area (Å²) in [5, 5.41) is 14.8. The first-order chi connectivity index (χ1) is 16.6. The Kier molecular flexibility index (Phi) is 6.52. The summed E-state index contributed by atoms with van der Waals surface area (Å²) in [4.78, 5) is 31.0. The van der Waals surface area contributed by atoms with Crippen LogP contribution in [0.1, 0.15) is 52.8 Å². The Morgan fingerprint density at radius 2 is 2.12 bits per heavy atom. The molecular weight excluding hydrogens is 446 g/mol. The smallest absolute Gasteiger partial charge is 0.277 e. The molecule has 34 heavy (non-hydrogen) atoms. The molecular formula is C25H27N7OS. The number of rotatable bonds is 5. The van der Waals surface area contributed by atoms with E-state index in [2.05, 4.69) is 37.3 Å². The van der Waals surface area contributed by atoms with Gasteiger partial charge in [0.25, 0.3) is 5.91 Å². The molecule has 0 bridgehead atoms. The Bertz CT molecular complexity index is 1230. The molecule has 2 aliphatic rings. The fourth-order valence-electron chi connectivity index (χ4n) is 4.83. The number of thiazole rings is 1. The number of benzene rings is 1. The van der Waals surface area contributed by atoms with Crippen LogP contribution in [0.25, 0.3) is 0 Å². The van der Waals surface area contributed by atoms with Crippen LogP contribution in [0, 0.1) is 18.3 Å². The number of anilines is 3. The van der Waals surface area contributed by atoms with Crippen LogP contribution in [0.4, 0.5) is 16.6 Å². The lowest BCUT2D eigenvalue weighted by Gasteiger charge is -2.30. The number of para-hydroxylation sites is 1. The average molecular weight is 474 g/mol. The molecule has 1 aromatic carbocycles. The number of nitrogens with one attached hydrogen (secondary N) is 1. The molecule has 1 atom stereocenters. The summed E-state index contributed by atoms with van der Waals surface area (Å²) in [6.07, 6.45) is 4.04. The summed E-state index contributed by atoms with van der Waals surface area (Å²) in [6.45, 7) is 4.82. The minimum absolute atomic E-state index is 0.0733. The topological polar surface area (TPSA) is 98.0 Å². The maximum atomic E-state index is 13.2. The van der Waals surface area contributed by atoms with Crippen molar-refractivity contribution in [1.29, 1.82) is 5.26 Å². The number of piperidine rings is 1. The maximum absolute atomic E-state index is 13.2. The highest BCUT2D eigenvalue weighted by Gasteiger charge is 2.26. The van der Waals surface area contributed by atoms with Crippen molar-refractivity contribution in [3.05, 3.63) is 58.5 Å². The summed E-state index contributed by atoms with van der Waals surface area (Å²) in [5.74, 6) is 1.57. The Morgan fingerprint density at radius 1 is 1.24 bits per heavy atom. The van der Waals surface area contributed by atoms with E-state index in [-0.39, 0.29) is 11.8 Å². The molecule has 8 nitrogen and oxygen atoms in total. The molecule has 9 heteroatoms. The van der Waals surface area contributed by atoms with E-state index in [4.69, 9.17) is 5.26 Å². The Labute approximate surface area is 203 Å². The number of likely N-dealkylation sites (tertiary alicyclic amines) is 1. The molecule has 2 aromatic heterocycles. The SMILES string of the molecule is Cc1nc(Nc2nc(C(=O)N3CCCc4ccccc43)cs2)cc([C@H]2CCCN(CC#N)C2)n1. The quantitative estimate of drug-likeness (QED) is 0.552. The normalized spacial score (nSPS) is 18.2. The molecule has 0 unspecified atom stereocenters. The highest BCUT2D eigenvalue weighted by molar-refractivity contribution is 7.14. The zero-order valence-corrected chi connectivity index (χ0v) is 20.0. The summed E-state index contributed by atoms with van der Waals surface area (Å²) in [7, 11) is 0.